The molecule has 0 radical (unpaired) electrons. The van der Waals surface area contributed by atoms with Crippen LogP contribution in [-0.4, -0.2) is 33.9 Å². The lowest BCUT2D eigenvalue weighted by molar-refractivity contribution is -0.169. The Labute approximate surface area is 94.1 Å². The second-order valence-corrected chi connectivity index (χ2v) is 4.56. The smallest absolute Gasteiger partial charge is 0.323 e. The fourth-order valence-electron chi connectivity index (χ4n) is 2.35. The van der Waals surface area contributed by atoms with Crippen LogP contribution in [0.25, 0.3) is 0 Å². The van der Waals surface area contributed by atoms with Crippen LogP contribution >= 0.6 is 0 Å². The number of aliphatic hydroxyl groups excluding tert-OH is 1. The summed E-state index contributed by atoms with van der Waals surface area (Å²) in [6, 6.07) is 0. The Bertz CT molecular complexity index is 254. The maximum Gasteiger partial charge on any atom is 0.323 e. The third kappa shape index (κ3) is 2.52. The molecule has 16 heavy (non-hydrogen) atoms. The summed E-state index contributed by atoms with van der Waals surface area (Å²) < 4.78 is 0. The molecular formula is C11H18O5. The van der Waals surface area contributed by atoms with Gasteiger partial charge < -0.3 is 15.3 Å². The second kappa shape index (κ2) is 5.30. The summed E-state index contributed by atoms with van der Waals surface area (Å²) in [5.41, 5.74) is -2.01. The maximum atomic E-state index is 11.0. The first-order valence-corrected chi connectivity index (χ1v) is 5.60. The molecule has 0 amide bonds. The first-order chi connectivity index (χ1) is 7.53. The minimum atomic E-state index is -2.01. The van der Waals surface area contributed by atoms with Gasteiger partial charge in [0.05, 0.1) is 6.61 Å². The van der Waals surface area contributed by atoms with Crippen molar-refractivity contribution in [3.05, 3.63) is 0 Å². The highest BCUT2D eigenvalue weighted by molar-refractivity contribution is 5.98. The van der Waals surface area contributed by atoms with Gasteiger partial charge in [0.25, 0.3) is 0 Å². The minimum absolute atomic E-state index is 0.0359. The number of carboxylic acids is 2. The highest BCUT2D eigenvalue weighted by Crippen LogP contribution is 2.35. The van der Waals surface area contributed by atoms with Crippen LogP contribution in [0.5, 0.6) is 0 Å². The third-order valence-corrected chi connectivity index (χ3v) is 3.45. The van der Waals surface area contributed by atoms with E-state index in [4.69, 9.17) is 15.3 Å². The monoisotopic (exact) mass is 230 g/mol. The van der Waals surface area contributed by atoms with Gasteiger partial charge in [0.15, 0.2) is 5.41 Å². The standard InChI is InChI=1S/C11H18O5/c12-7-11(9(13)14,10(15)16)6-8-4-2-1-3-5-8/h8,12H,1-7H2,(H,13,14)(H,15,16). The molecule has 1 rings (SSSR count). The van der Waals surface area contributed by atoms with Gasteiger partial charge in [0, 0.05) is 0 Å². The van der Waals surface area contributed by atoms with E-state index in [1.165, 1.54) is 0 Å². The average Bonchev–Trinajstić information content (AvgIpc) is 2.26. The van der Waals surface area contributed by atoms with Crippen molar-refractivity contribution in [3.63, 3.8) is 0 Å². The van der Waals surface area contributed by atoms with Gasteiger partial charge in [0.1, 0.15) is 0 Å². The van der Waals surface area contributed by atoms with E-state index in [0.717, 1.165) is 32.1 Å². The van der Waals surface area contributed by atoms with Crippen LogP contribution in [0.15, 0.2) is 0 Å². The van der Waals surface area contributed by atoms with Gasteiger partial charge in [-0.05, 0) is 12.3 Å². The number of carbonyl (C=O) groups is 2. The molecule has 0 spiro atoms. The summed E-state index contributed by atoms with van der Waals surface area (Å²) in [4.78, 5) is 22.1. The molecule has 0 aromatic carbocycles. The van der Waals surface area contributed by atoms with Crippen molar-refractivity contribution < 1.29 is 24.9 Å². The Balaban J connectivity index is 2.76. The SMILES string of the molecule is O=C(O)C(CO)(CC1CCCCC1)C(=O)O. The third-order valence-electron chi connectivity index (χ3n) is 3.45. The normalized spacial score (nSPS) is 18.3. The van der Waals surface area contributed by atoms with Crippen molar-refractivity contribution in [2.24, 2.45) is 11.3 Å². The molecule has 0 saturated heterocycles. The minimum Gasteiger partial charge on any atom is -0.480 e. The fourth-order valence-corrected chi connectivity index (χ4v) is 2.35. The quantitative estimate of drug-likeness (QED) is 0.615. The number of aliphatic hydroxyl groups is 1. The molecule has 0 aromatic heterocycles. The highest BCUT2D eigenvalue weighted by atomic mass is 16.4. The molecule has 5 heteroatoms. The summed E-state index contributed by atoms with van der Waals surface area (Å²) in [6.07, 6.45) is 4.93. The van der Waals surface area contributed by atoms with Gasteiger partial charge in [-0.15, -0.1) is 0 Å². The van der Waals surface area contributed by atoms with Crippen LogP contribution in [0, 0.1) is 11.3 Å². The van der Waals surface area contributed by atoms with E-state index >= 15 is 0 Å². The predicted molar refractivity (Wildman–Crippen MR) is 56.0 cm³/mol. The number of hydrogen-bond acceptors (Lipinski definition) is 3. The van der Waals surface area contributed by atoms with Crippen molar-refractivity contribution in [1.29, 1.82) is 0 Å². The molecule has 0 aliphatic heterocycles. The van der Waals surface area contributed by atoms with Crippen LogP contribution in [0.3, 0.4) is 0 Å². The second-order valence-electron chi connectivity index (χ2n) is 4.56. The zero-order valence-corrected chi connectivity index (χ0v) is 9.19. The molecule has 1 aliphatic carbocycles. The van der Waals surface area contributed by atoms with Crippen LogP contribution in [-0.2, 0) is 9.59 Å². The molecule has 0 heterocycles. The lowest BCUT2D eigenvalue weighted by atomic mass is 9.75. The lowest BCUT2D eigenvalue weighted by Gasteiger charge is -2.29. The van der Waals surface area contributed by atoms with Gasteiger partial charge in [-0.3, -0.25) is 9.59 Å². The van der Waals surface area contributed by atoms with Crippen LogP contribution < -0.4 is 0 Å². The van der Waals surface area contributed by atoms with Gasteiger partial charge in [-0.25, -0.2) is 0 Å². The molecule has 1 saturated carbocycles. The van der Waals surface area contributed by atoms with Gasteiger partial charge >= 0.3 is 11.9 Å². The molecule has 0 unspecified atom stereocenters. The summed E-state index contributed by atoms with van der Waals surface area (Å²) in [7, 11) is 0. The van der Waals surface area contributed by atoms with Crippen LogP contribution in [0.1, 0.15) is 38.5 Å². The highest BCUT2D eigenvalue weighted by Gasteiger charge is 2.47. The molecule has 0 bridgehead atoms. The Morgan fingerprint density at radius 1 is 1.06 bits per heavy atom. The summed E-state index contributed by atoms with van der Waals surface area (Å²) in [5.74, 6) is -2.77. The molecule has 92 valence electrons. The van der Waals surface area contributed by atoms with Crippen molar-refractivity contribution in [2.75, 3.05) is 6.61 Å². The zero-order chi connectivity index (χ0) is 12.2. The molecule has 0 atom stereocenters. The fraction of sp³-hybridized carbons (Fsp3) is 0.818. The first-order valence-electron chi connectivity index (χ1n) is 5.60. The largest absolute Gasteiger partial charge is 0.480 e. The van der Waals surface area contributed by atoms with E-state index in [-0.39, 0.29) is 12.3 Å². The molecule has 0 aromatic rings. The van der Waals surface area contributed by atoms with E-state index in [2.05, 4.69) is 0 Å². The number of aliphatic carboxylic acids is 2. The number of hydrogen-bond donors (Lipinski definition) is 3. The number of rotatable bonds is 5. The zero-order valence-electron chi connectivity index (χ0n) is 9.19. The first kappa shape index (κ1) is 13.0. The topological polar surface area (TPSA) is 94.8 Å². The van der Waals surface area contributed by atoms with E-state index in [0.29, 0.717) is 0 Å². The summed E-state index contributed by atoms with van der Waals surface area (Å²) >= 11 is 0. The van der Waals surface area contributed by atoms with Crippen molar-refractivity contribution in [1.82, 2.24) is 0 Å². The van der Waals surface area contributed by atoms with Crippen molar-refractivity contribution in [2.45, 2.75) is 38.5 Å². The molecule has 1 aliphatic rings. The van der Waals surface area contributed by atoms with Gasteiger partial charge in [-0.2, -0.15) is 0 Å². The Morgan fingerprint density at radius 3 is 1.94 bits per heavy atom. The maximum absolute atomic E-state index is 11.0. The van der Waals surface area contributed by atoms with Crippen molar-refractivity contribution >= 4 is 11.9 Å². The van der Waals surface area contributed by atoms with E-state index in [1.54, 1.807) is 0 Å². The molecule has 5 nitrogen and oxygen atoms in total. The Morgan fingerprint density at radius 2 is 1.56 bits per heavy atom. The Kier molecular flexibility index (Phi) is 4.29. The molecular weight excluding hydrogens is 212 g/mol. The van der Waals surface area contributed by atoms with Crippen molar-refractivity contribution in [3.8, 4) is 0 Å². The lowest BCUT2D eigenvalue weighted by Crippen LogP contribution is -2.44. The Hall–Kier alpha value is -1.10. The van der Waals surface area contributed by atoms with E-state index in [9.17, 15) is 9.59 Å². The molecule has 1 fully saturated rings. The van der Waals surface area contributed by atoms with Crippen LogP contribution in [0.4, 0.5) is 0 Å². The molecule has 3 N–H and O–H groups in total. The van der Waals surface area contributed by atoms with E-state index in [1.807, 2.05) is 0 Å². The predicted octanol–water partition coefficient (Wildman–Crippen LogP) is 1.10. The summed E-state index contributed by atoms with van der Waals surface area (Å²) in [6.45, 7) is -0.839. The van der Waals surface area contributed by atoms with E-state index < -0.39 is 24.0 Å². The van der Waals surface area contributed by atoms with Gasteiger partial charge in [0.2, 0.25) is 0 Å². The average molecular weight is 230 g/mol. The van der Waals surface area contributed by atoms with Crippen LogP contribution in [0.2, 0.25) is 0 Å². The summed E-state index contributed by atoms with van der Waals surface area (Å²) in [5, 5.41) is 27.1. The van der Waals surface area contributed by atoms with Gasteiger partial charge in [-0.1, -0.05) is 32.1 Å². The number of carboxylic acid groups (broad SMARTS) is 2.